The summed E-state index contributed by atoms with van der Waals surface area (Å²) in [5, 5.41) is 20.3. The van der Waals surface area contributed by atoms with E-state index in [1.54, 1.807) is 36.4 Å². The van der Waals surface area contributed by atoms with E-state index in [1.165, 1.54) is 40.1 Å². The van der Waals surface area contributed by atoms with Crippen LogP contribution in [0.1, 0.15) is 33.9 Å². The van der Waals surface area contributed by atoms with Crippen LogP contribution in [0.5, 0.6) is 5.75 Å². The van der Waals surface area contributed by atoms with Gasteiger partial charge in [-0.25, -0.2) is 4.39 Å². The smallest absolute Gasteiger partial charge is 0.301 e. The van der Waals surface area contributed by atoms with Gasteiger partial charge < -0.3 is 14.7 Å². The van der Waals surface area contributed by atoms with Crippen LogP contribution in [0.4, 0.5) is 15.2 Å². The quantitative estimate of drug-likeness (QED) is 0.0537. The van der Waals surface area contributed by atoms with Gasteiger partial charge in [0.2, 0.25) is 5.13 Å². The fraction of sp³-hybridized carbons (Fsp3) is 0.167. The van der Waals surface area contributed by atoms with Gasteiger partial charge in [-0.2, -0.15) is 0 Å². The highest BCUT2D eigenvalue weighted by atomic mass is 32.2. The van der Waals surface area contributed by atoms with Crippen molar-refractivity contribution in [1.82, 2.24) is 10.2 Å². The van der Waals surface area contributed by atoms with E-state index < -0.39 is 17.7 Å². The lowest BCUT2D eigenvalue weighted by Gasteiger charge is -2.23. The number of carbonyl (C=O) groups is 2. The molecule has 238 valence electrons. The number of ether oxygens (including phenoxy) is 1. The highest BCUT2D eigenvalue weighted by Gasteiger charge is 2.48. The summed E-state index contributed by atoms with van der Waals surface area (Å²) in [6.45, 7) is 2.41. The highest BCUT2D eigenvalue weighted by molar-refractivity contribution is 8.00. The van der Waals surface area contributed by atoms with Crippen LogP contribution in [0.3, 0.4) is 0 Å². The number of carbonyl (C=O) groups excluding carboxylic acids is 2. The number of aromatic nitrogens is 2. The Bertz CT molecular complexity index is 1940. The molecule has 0 saturated carbocycles. The van der Waals surface area contributed by atoms with Crippen LogP contribution in [0, 0.1) is 12.7 Å². The number of nitrogens with zero attached hydrogens (tertiary/aromatic N) is 4. The van der Waals surface area contributed by atoms with Crippen molar-refractivity contribution in [3.8, 4) is 5.75 Å². The summed E-state index contributed by atoms with van der Waals surface area (Å²) in [7, 11) is 3.84. The van der Waals surface area contributed by atoms with Gasteiger partial charge in [-0.1, -0.05) is 71.6 Å². The Morgan fingerprint density at radius 2 is 1.66 bits per heavy atom. The largest absolute Gasteiger partial charge is 0.507 e. The van der Waals surface area contributed by atoms with Gasteiger partial charge in [0.1, 0.15) is 23.9 Å². The Morgan fingerprint density at radius 3 is 2.34 bits per heavy atom. The first-order valence-electron chi connectivity index (χ1n) is 14.8. The minimum atomic E-state index is -0.939. The summed E-state index contributed by atoms with van der Waals surface area (Å²) in [6.07, 6.45) is 0. The molecule has 0 aliphatic carbocycles. The lowest BCUT2D eigenvalue weighted by Crippen LogP contribution is -2.29. The van der Waals surface area contributed by atoms with Crippen LogP contribution in [0.2, 0.25) is 0 Å². The molecule has 1 aliphatic heterocycles. The lowest BCUT2D eigenvalue weighted by molar-refractivity contribution is -0.132. The van der Waals surface area contributed by atoms with E-state index in [2.05, 4.69) is 10.2 Å². The second-order valence-corrected chi connectivity index (χ2v) is 13.3. The monoisotopic (exact) mass is 666 g/mol. The normalized spacial score (nSPS) is 15.7. The van der Waals surface area contributed by atoms with Gasteiger partial charge >= 0.3 is 5.91 Å². The maximum absolute atomic E-state index is 13.6. The number of hydrogen-bond acceptors (Lipinski definition) is 9. The van der Waals surface area contributed by atoms with E-state index >= 15 is 0 Å². The zero-order valence-electron chi connectivity index (χ0n) is 25.9. The molecule has 1 N–H and O–H groups in total. The maximum Gasteiger partial charge on any atom is 0.301 e. The molecule has 1 aliphatic rings. The summed E-state index contributed by atoms with van der Waals surface area (Å²) in [4.78, 5) is 30.5. The average molecular weight is 667 g/mol. The Labute approximate surface area is 280 Å². The van der Waals surface area contributed by atoms with Crippen LogP contribution in [0.15, 0.2) is 107 Å². The number of anilines is 2. The summed E-state index contributed by atoms with van der Waals surface area (Å²) in [6, 6.07) is 27.4. The second-order valence-electron chi connectivity index (χ2n) is 11.2. The topological polar surface area (TPSA) is 95.9 Å². The number of Topliss-reactive ketones (excluding diaryl/α,β-unsaturated/α-hetero) is 1. The van der Waals surface area contributed by atoms with Gasteiger partial charge in [-0.05, 0) is 77.7 Å². The molecule has 1 fully saturated rings. The number of aryl methyl sites for hydroxylation is 1. The SMILES string of the molecule is Cc1ccccc1COc1ccc(C(O)=C2C(=O)C(=O)N(c3nnc(SCc4ccc(F)cc4)s3)C2c2ccc(N(C)C)cc2)cc1. The predicted octanol–water partition coefficient (Wildman–Crippen LogP) is 7.55. The standard InChI is InChI=1S/C36H31FN4O4S2/c1-22-6-4-5-7-26(22)20-45-29-18-12-25(13-19-29)32(42)30-31(24-10-16-28(17-11-24)40(2)3)41(34(44)33(30)43)35-38-39-36(47-35)46-21-23-8-14-27(37)15-9-23/h4-19,31,42H,20-21H2,1-3H3. The molecule has 1 unspecified atom stereocenters. The molecule has 4 aromatic carbocycles. The van der Waals surface area contributed by atoms with Crippen molar-refractivity contribution in [2.75, 3.05) is 23.9 Å². The number of halogens is 1. The van der Waals surface area contributed by atoms with Crippen molar-refractivity contribution in [2.24, 2.45) is 0 Å². The number of aliphatic hydroxyl groups is 1. The number of thioether (sulfide) groups is 1. The molecule has 2 heterocycles. The number of rotatable bonds is 10. The van der Waals surface area contributed by atoms with Crippen molar-refractivity contribution in [2.45, 2.75) is 29.7 Å². The van der Waals surface area contributed by atoms with Crippen LogP contribution in [0.25, 0.3) is 5.76 Å². The first-order valence-corrected chi connectivity index (χ1v) is 16.6. The zero-order chi connectivity index (χ0) is 33.1. The Kier molecular flexibility index (Phi) is 9.37. The first kappa shape index (κ1) is 32.0. The van der Waals surface area contributed by atoms with E-state index in [0.29, 0.717) is 33.6 Å². The van der Waals surface area contributed by atoms with Crippen molar-refractivity contribution in [1.29, 1.82) is 0 Å². The molecule has 1 saturated heterocycles. The molecule has 0 radical (unpaired) electrons. The van der Waals surface area contributed by atoms with E-state index in [0.717, 1.165) is 22.4 Å². The fourth-order valence-electron chi connectivity index (χ4n) is 5.18. The summed E-state index contributed by atoms with van der Waals surface area (Å²) in [5.41, 5.74) is 4.98. The number of benzene rings is 4. The van der Waals surface area contributed by atoms with Crippen LogP contribution >= 0.6 is 23.1 Å². The number of ketones is 1. The summed E-state index contributed by atoms with van der Waals surface area (Å²) >= 11 is 2.56. The average Bonchev–Trinajstić information content (AvgIpc) is 3.65. The molecule has 5 aromatic rings. The van der Waals surface area contributed by atoms with Crippen molar-refractivity contribution >= 4 is 51.4 Å². The third kappa shape index (κ3) is 6.91. The fourth-order valence-corrected chi connectivity index (χ4v) is 7.00. The molecule has 0 spiro atoms. The molecular weight excluding hydrogens is 636 g/mol. The van der Waals surface area contributed by atoms with E-state index in [9.17, 15) is 19.1 Å². The van der Waals surface area contributed by atoms with Gasteiger partial charge in [0.25, 0.3) is 5.78 Å². The minimum Gasteiger partial charge on any atom is -0.507 e. The highest BCUT2D eigenvalue weighted by Crippen LogP contribution is 2.44. The molecule has 1 atom stereocenters. The Hall–Kier alpha value is -5.00. The number of hydrogen-bond donors (Lipinski definition) is 1. The van der Waals surface area contributed by atoms with Gasteiger partial charge in [-0.3, -0.25) is 14.5 Å². The van der Waals surface area contributed by atoms with Gasteiger partial charge in [0.05, 0.1) is 11.6 Å². The summed E-state index contributed by atoms with van der Waals surface area (Å²) < 4.78 is 19.9. The van der Waals surface area contributed by atoms with Crippen LogP contribution < -0.4 is 14.5 Å². The van der Waals surface area contributed by atoms with E-state index in [1.807, 2.05) is 74.4 Å². The maximum atomic E-state index is 13.6. The molecule has 47 heavy (non-hydrogen) atoms. The minimum absolute atomic E-state index is 0.0445. The Morgan fingerprint density at radius 1 is 0.957 bits per heavy atom. The van der Waals surface area contributed by atoms with Crippen LogP contribution in [-0.4, -0.2) is 41.1 Å². The summed E-state index contributed by atoms with van der Waals surface area (Å²) in [5.74, 6) is -1.12. The third-order valence-corrected chi connectivity index (χ3v) is 9.96. The number of aliphatic hydroxyl groups excluding tert-OH is 1. The lowest BCUT2D eigenvalue weighted by atomic mass is 9.95. The number of amides is 1. The molecule has 8 nitrogen and oxygen atoms in total. The van der Waals surface area contributed by atoms with E-state index in [-0.39, 0.29) is 22.3 Å². The zero-order valence-corrected chi connectivity index (χ0v) is 27.5. The van der Waals surface area contributed by atoms with Crippen molar-refractivity contribution in [3.05, 3.63) is 136 Å². The van der Waals surface area contributed by atoms with E-state index in [4.69, 9.17) is 4.74 Å². The molecular formula is C36H31FN4O4S2. The molecule has 6 rings (SSSR count). The third-order valence-electron chi connectivity index (χ3n) is 7.83. The molecule has 0 bridgehead atoms. The van der Waals surface area contributed by atoms with Crippen LogP contribution in [-0.2, 0) is 21.9 Å². The van der Waals surface area contributed by atoms with Crippen molar-refractivity contribution < 1.29 is 23.8 Å². The molecule has 11 heteroatoms. The molecule has 1 aromatic heterocycles. The second kappa shape index (κ2) is 13.8. The Balaban J connectivity index is 1.31. The van der Waals surface area contributed by atoms with Gasteiger partial charge in [0.15, 0.2) is 4.34 Å². The predicted molar refractivity (Wildman–Crippen MR) is 183 cm³/mol. The molecule has 1 amide bonds. The first-order chi connectivity index (χ1) is 22.7. The van der Waals surface area contributed by atoms with Gasteiger partial charge in [0, 0.05) is 31.1 Å². The van der Waals surface area contributed by atoms with Gasteiger partial charge in [-0.15, -0.1) is 10.2 Å². The van der Waals surface area contributed by atoms with Crippen molar-refractivity contribution in [3.63, 3.8) is 0 Å².